The minimum absolute atomic E-state index is 0.179. The molecule has 2 amide bonds. The smallest absolute Gasteiger partial charge is 0.323 e. The minimum atomic E-state index is -0.179. The Kier molecular flexibility index (Phi) is 5.54. The Labute approximate surface area is 104 Å². The summed E-state index contributed by atoms with van der Waals surface area (Å²) in [6.07, 6.45) is 2.35. The Morgan fingerprint density at radius 3 is 2.94 bits per heavy atom. The minimum Gasteiger partial charge on any atom is -0.341 e. The van der Waals surface area contributed by atoms with Gasteiger partial charge in [-0.2, -0.15) is 0 Å². The summed E-state index contributed by atoms with van der Waals surface area (Å²) in [5.74, 6) is 1.05. The Bertz CT molecular complexity index is 342. The summed E-state index contributed by atoms with van der Waals surface area (Å²) >= 11 is 3.13. The molecule has 5 nitrogen and oxygen atoms in total. The quantitative estimate of drug-likeness (QED) is 0.501. The first kappa shape index (κ1) is 13.2. The van der Waals surface area contributed by atoms with Crippen LogP contribution in [0.5, 0.6) is 0 Å². The summed E-state index contributed by atoms with van der Waals surface area (Å²) in [6.45, 7) is 2.16. The third-order valence-corrected chi connectivity index (χ3v) is 4.14. The van der Waals surface area contributed by atoms with Gasteiger partial charge in [0.05, 0.1) is 0 Å². The van der Waals surface area contributed by atoms with Crippen LogP contribution in [0.2, 0.25) is 0 Å². The molecule has 1 N–H and O–H groups in total. The van der Waals surface area contributed by atoms with Crippen molar-refractivity contribution in [3.63, 3.8) is 0 Å². The molecule has 0 bridgehead atoms. The monoisotopic (exact) mass is 260 g/mol. The van der Waals surface area contributed by atoms with E-state index in [1.807, 2.05) is 0 Å². The van der Waals surface area contributed by atoms with Gasteiger partial charge in [-0.25, -0.2) is 4.79 Å². The van der Waals surface area contributed by atoms with E-state index in [0.717, 1.165) is 10.1 Å². The summed E-state index contributed by atoms with van der Waals surface area (Å²) in [4.78, 5) is 12.8. The molecule has 0 fully saturated rings. The summed E-state index contributed by atoms with van der Waals surface area (Å²) in [5, 5.41) is 11.2. The van der Waals surface area contributed by atoms with Crippen molar-refractivity contribution >= 4 is 34.3 Å². The van der Waals surface area contributed by atoms with Crippen LogP contribution in [0.15, 0.2) is 4.34 Å². The van der Waals surface area contributed by atoms with E-state index >= 15 is 0 Å². The third-order valence-electron chi connectivity index (χ3n) is 1.92. The van der Waals surface area contributed by atoms with Gasteiger partial charge in [-0.3, -0.25) is 4.90 Å². The molecule has 0 aliphatic carbocycles. The molecule has 0 unspecified atom stereocenters. The van der Waals surface area contributed by atoms with E-state index < -0.39 is 0 Å². The van der Waals surface area contributed by atoms with Gasteiger partial charge >= 0.3 is 6.03 Å². The van der Waals surface area contributed by atoms with Crippen LogP contribution >= 0.6 is 23.1 Å². The average Bonchev–Trinajstić information content (AvgIpc) is 2.76. The van der Waals surface area contributed by atoms with Crippen LogP contribution in [0.3, 0.4) is 0 Å². The highest BCUT2D eigenvalue weighted by Crippen LogP contribution is 2.27. The number of nitrogens with zero attached hydrogens (tertiary/aromatic N) is 3. The summed E-state index contributed by atoms with van der Waals surface area (Å²) < 4.78 is 0.916. The number of nitrogens with one attached hydrogen (secondary N) is 1. The molecule has 16 heavy (non-hydrogen) atoms. The summed E-state index contributed by atoms with van der Waals surface area (Å²) in [6, 6.07) is -0.179. The topological polar surface area (TPSA) is 58.1 Å². The van der Waals surface area contributed by atoms with E-state index in [4.69, 9.17) is 0 Å². The molecule has 0 radical (unpaired) electrons. The lowest BCUT2D eigenvalue weighted by molar-refractivity contribution is 0.249. The van der Waals surface area contributed by atoms with Crippen molar-refractivity contribution in [2.24, 2.45) is 0 Å². The van der Waals surface area contributed by atoms with Crippen molar-refractivity contribution < 1.29 is 4.79 Å². The number of urea groups is 1. The molecule has 0 aromatic carbocycles. The van der Waals surface area contributed by atoms with E-state index in [0.29, 0.717) is 5.13 Å². The van der Waals surface area contributed by atoms with Crippen LogP contribution in [-0.4, -0.2) is 36.1 Å². The molecule has 0 saturated heterocycles. The molecule has 1 aromatic heterocycles. The number of thioether (sulfide) groups is 1. The van der Waals surface area contributed by atoms with Crippen LogP contribution in [0, 0.1) is 0 Å². The molecular weight excluding hydrogens is 244 g/mol. The van der Waals surface area contributed by atoms with E-state index in [1.54, 1.807) is 25.9 Å². The number of hydrogen-bond acceptors (Lipinski definition) is 5. The maximum atomic E-state index is 11.3. The third kappa shape index (κ3) is 3.64. The van der Waals surface area contributed by atoms with Crippen LogP contribution in [-0.2, 0) is 0 Å². The lowest BCUT2D eigenvalue weighted by atomic mass is 10.4. The standard InChI is InChI=1S/C9H16N4OS2/c1-4-5-6-15-9-12-11-8(16-9)13(3)7(14)10-2/h4-6H2,1-3H3,(H,10,14). The van der Waals surface area contributed by atoms with Gasteiger partial charge in [-0.05, 0) is 6.42 Å². The van der Waals surface area contributed by atoms with Crippen molar-refractivity contribution in [3.05, 3.63) is 0 Å². The highest BCUT2D eigenvalue weighted by atomic mass is 32.2. The van der Waals surface area contributed by atoms with Gasteiger partial charge < -0.3 is 5.32 Å². The number of unbranched alkanes of at least 4 members (excludes halogenated alkanes) is 1. The van der Waals surface area contributed by atoms with Crippen molar-refractivity contribution in [2.75, 3.05) is 24.7 Å². The molecule has 0 atom stereocenters. The van der Waals surface area contributed by atoms with Gasteiger partial charge in [0.15, 0.2) is 4.34 Å². The predicted molar refractivity (Wildman–Crippen MR) is 68.4 cm³/mol. The van der Waals surface area contributed by atoms with Crippen LogP contribution in [0.4, 0.5) is 9.93 Å². The fraction of sp³-hybridized carbons (Fsp3) is 0.667. The van der Waals surface area contributed by atoms with Crippen LogP contribution in [0.1, 0.15) is 19.8 Å². The van der Waals surface area contributed by atoms with Gasteiger partial charge in [-0.1, -0.05) is 36.4 Å². The fourth-order valence-electron chi connectivity index (χ4n) is 0.955. The number of amides is 2. The SMILES string of the molecule is CCCCSc1nnc(N(C)C(=O)NC)s1. The Balaban J connectivity index is 2.53. The Hall–Kier alpha value is -0.820. The average molecular weight is 260 g/mol. The predicted octanol–water partition coefficient (Wildman–Crippen LogP) is 2.21. The first-order valence-electron chi connectivity index (χ1n) is 5.10. The number of carbonyl (C=O) groups excluding carboxylic acids is 1. The summed E-state index contributed by atoms with van der Waals surface area (Å²) in [5.41, 5.74) is 0. The molecule has 0 spiro atoms. The van der Waals surface area contributed by atoms with E-state index in [9.17, 15) is 4.79 Å². The largest absolute Gasteiger partial charge is 0.341 e. The molecule has 1 heterocycles. The lowest BCUT2D eigenvalue weighted by Gasteiger charge is -2.10. The Morgan fingerprint density at radius 2 is 2.31 bits per heavy atom. The molecule has 1 rings (SSSR count). The maximum Gasteiger partial charge on any atom is 0.323 e. The maximum absolute atomic E-state index is 11.3. The molecule has 0 saturated carbocycles. The molecule has 0 aliphatic rings. The number of aromatic nitrogens is 2. The van der Waals surface area contributed by atoms with Gasteiger partial charge in [-0.15, -0.1) is 10.2 Å². The Morgan fingerprint density at radius 1 is 1.56 bits per heavy atom. The summed E-state index contributed by atoms with van der Waals surface area (Å²) in [7, 11) is 3.27. The fourth-order valence-corrected chi connectivity index (χ4v) is 2.91. The zero-order valence-electron chi connectivity index (χ0n) is 9.69. The molecule has 90 valence electrons. The number of carbonyl (C=O) groups is 1. The second-order valence-electron chi connectivity index (χ2n) is 3.17. The zero-order valence-corrected chi connectivity index (χ0v) is 11.3. The van der Waals surface area contributed by atoms with Crippen molar-refractivity contribution in [1.82, 2.24) is 15.5 Å². The van der Waals surface area contributed by atoms with Crippen molar-refractivity contribution in [2.45, 2.75) is 24.1 Å². The highest BCUT2D eigenvalue weighted by Gasteiger charge is 2.14. The second-order valence-corrected chi connectivity index (χ2v) is 5.46. The molecule has 0 aliphatic heterocycles. The molecule has 7 heteroatoms. The van der Waals surface area contributed by atoms with Crippen LogP contribution in [0.25, 0.3) is 0 Å². The lowest BCUT2D eigenvalue weighted by Crippen LogP contribution is -2.34. The van der Waals surface area contributed by atoms with E-state index in [-0.39, 0.29) is 6.03 Å². The molecular formula is C9H16N4OS2. The van der Waals surface area contributed by atoms with Gasteiger partial charge in [0.25, 0.3) is 0 Å². The number of hydrogen-bond donors (Lipinski definition) is 1. The van der Waals surface area contributed by atoms with E-state index in [1.165, 1.54) is 29.1 Å². The van der Waals surface area contributed by atoms with E-state index in [2.05, 4.69) is 22.4 Å². The number of rotatable bonds is 5. The normalized spacial score (nSPS) is 10.2. The van der Waals surface area contributed by atoms with Gasteiger partial charge in [0, 0.05) is 19.8 Å². The first-order chi connectivity index (χ1) is 7.69. The zero-order chi connectivity index (χ0) is 12.0. The van der Waals surface area contributed by atoms with Crippen molar-refractivity contribution in [3.8, 4) is 0 Å². The molecule has 1 aromatic rings. The second kappa shape index (κ2) is 6.70. The first-order valence-corrected chi connectivity index (χ1v) is 6.91. The van der Waals surface area contributed by atoms with Gasteiger partial charge in [0.1, 0.15) is 0 Å². The van der Waals surface area contributed by atoms with Crippen LogP contribution < -0.4 is 10.2 Å². The van der Waals surface area contributed by atoms with Crippen molar-refractivity contribution in [1.29, 1.82) is 0 Å². The van der Waals surface area contributed by atoms with Gasteiger partial charge in [0.2, 0.25) is 5.13 Å². The highest BCUT2D eigenvalue weighted by molar-refractivity contribution is 8.01. The number of anilines is 1.